The number of nitrogens with zero attached hydrogens (tertiary/aromatic N) is 2. The van der Waals surface area contributed by atoms with Crippen LogP contribution < -0.4 is 0 Å². The molecule has 1 heterocycles. The molecule has 0 aliphatic heterocycles. The zero-order valence-corrected chi connectivity index (χ0v) is 12.4. The van der Waals surface area contributed by atoms with Gasteiger partial charge in [-0.25, -0.2) is 0 Å². The SMILES string of the molecule is CCN(Cc1ccccn1)C(=O)C1CCC(C(=O)O)CC1. The maximum Gasteiger partial charge on any atom is 0.306 e. The lowest BCUT2D eigenvalue weighted by Gasteiger charge is -2.30. The molecule has 1 aliphatic carbocycles. The fourth-order valence-electron chi connectivity index (χ4n) is 2.88. The number of hydrogen-bond acceptors (Lipinski definition) is 3. The molecule has 1 fully saturated rings. The third-order valence-electron chi connectivity index (χ3n) is 4.20. The number of carboxylic acids is 1. The number of rotatable bonds is 5. The third kappa shape index (κ3) is 4.03. The van der Waals surface area contributed by atoms with Crippen LogP contribution in [0.4, 0.5) is 0 Å². The maximum atomic E-state index is 12.6. The maximum absolute atomic E-state index is 12.6. The second-order valence-electron chi connectivity index (χ2n) is 5.56. The molecule has 1 aromatic rings. The van der Waals surface area contributed by atoms with Crippen LogP contribution in [-0.2, 0) is 16.1 Å². The number of amides is 1. The van der Waals surface area contributed by atoms with Gasteiger partial charge < -0.3 is 10.0 Å². The highest BCUT2D eigenvalue weighted by Crippen LogP contribution is 2.30. The number of hydrogen-bond donors (Lipinski definition) is 1. The second kappa shape index (κ2) is 7.20. The summed E-state index contributed by atoms with van der Waals surface area (Å²) < 4.78 is 0. The van der Waals surface area contributed by atoms with Crippen LogP contribution in [0.15, 0.2) is 24.4 Å². The minimum atomic E-state index is -0.735. The van der Waals surface area contributed by atoms with E-state index in [9.17, 15) is 9.59 Å². The fraction of sp³-hybridized carbons (Fsp3) is 0.562. The largest absolute Gasteiger partial charge is 0.481 e. The molecule has 0 bridgehead atoms. The second-order valence-corrected chi connectivity index (χ2v) is 5.56. The number of aliphatic carboxylic acids is 1. The number of carboxylic acid groups (broad SMARTS) is 1. The molecule has 0 unspecified atom stereocenters. The number of carbonyl (C=O) groups excluding carboxylic acids is 1. The average Bonchev–Trinajstić information content (AvgIpc) is 2.53. The van der Waals surface area contributed by atoms with E-state index in [1.807, 2.05) is 30.0 Å². The first-order valence-corrected chi connectivity index (χ1v) is 7.53. The number of aromatic nitrogens is 1. The van der Waals surface area contributed by atoms with Gasteiger partial charge in [-0.1, -0.05) is 6.07 Å². The van der Waals surface area contributed by atoms with E-state index >= 15 is 0 Å². The van der Waals surface area contributed by atoms with Gasteiger partial charge in [-0.05, 0) is 44.7 Å². The minimum absolute atomic E-state index is 0.0377. The lowest BCUT2D eigenvalue weighted by atomic mass is 9.81. The zero-order valence-electron chi connectivity index (χ0n) is 12.4. The van der Waals surface area contributed by atoms with Crippen molar-refractivity contribution in [1.82, 2.24) is 9.88 Å². The quantitative estimate of drug-likeness (QED) is 0.903. The van der Waals surface area contributed by atoms with Crippen molar-refractivity contribution in [2.45, 2.75) is 39.2 Å². The van der Waals surface area contributed by atoms with Gasteiger partial charge in [0.2, 0.25) is 5.91 Å². The summed E-state index contributed by atoms with van der Waals surface area (Å²) in [5, 5.41) is 9.01. The average molecular weight is 290 g/mol. The Bertz CT molecular complexity index is 482. The molecule has 1 amide bonds. The molecule has 1 N–H and O–H groups in total. The summed E-state index contributed by atoms with van der Waals surface area (Å²) in [6, 6.07) is 5.69. The van der Waals surface area contributed by atoms with E-state index in [1.165, 1.54) is 0 Å². The first-order chi connectivity index (χ1) is 10.1. The molecule has 0 saturated heterocycles. The Morgan fingerprint density at radius 1 is 1.24 bits per heavy atom. The topological polar surface area (TPSA) is 70.5 Å². The van der Waals surface area contributed by atoms with Gasteiger partial charge in [-0.2, -0.15) is 0 Å². The highest BCUT2D eigenvalue weighted by Gasteiger charge is 2.31. The van der Waals surface area contributed by atoms with Crippen LogP contribution in [0.3, 0.4) is 0 Å². The molecule has 0 spiro atoms. The van der Waals surface area contributed by atoms with Crippen molar-refractivity contribution in [2.75, 3.05) is 6.54 Å². The molecule has 1 aromatic heterocycles. The lowest BCUT2D eigenvalue weighted by Crippen LogP contribution is -2.38. The highest BCUT2D eigenvalue weighted by molar-refractivity contribution is 5.79. The van der Waals surface area contributed by atoms with E-state index in [2.05, 4.69) is 4.98 Å². The van der Waals surface area contributed by atoms with Crippen LogP contribution in [0, 0.1) is 11.8 Å². The first kappa shape index (κ1) is 15.5. The Morgan fingerprint density at radius 2 is 1.90 bits per heavy atom. The minimum Gasteiger partial charge on any atom is -0.481 e. The summed E-state index contributed by atoms with van der Waals surface area (Å²) in [4.78, 5) is 29.6. The third-order valence-corrected chi connectivity index (χ3v) is 4.20. The van der Waals surface area contributed by atoms with E-state index in [1.54, 1.807) is 6.20 Å². The van der Waals surface area contributed by atoms with Gasteiger partial charge in [0.25, 0.3) is 0 Å². The molecule has 2 rings (SSSR count). The summed E-state index contributed by atoms with van der Waals surface area (Å²) in [6.45, 7) is 3.13. The summed E-state index contributed by atoms with van der Waals surface area (Å²) >= 11 is 0. The summed E-state index contributed by atoms with van der Waals surface area (Å²) in [5.41, 5.74) is 0.881. The van der Waals surface area contributed by atoms with Gasteiger partial charge in [-0.3, -0.25) is 14.6 Å². The molecule has 1 saturated carbocycles. The van der Waals surface area contributed by atoms with Crippen LogP contribution in [-0.4, -0.2) is 33.4 Å². The molecule has 5 nitrogen and oxygen atoms in total. The molecule has 0 atom stereocenters. The van der Waals surface area contributed by atoms with Gasteiger partial charge in [0.1, 0.15) is 0 Å². The van der Waals surface area contributed by atoms with Crippen molar-refractivity contribution in [3.63, 3.8) is 0 Å². The monoisotopic (exact) mass is 290 g/mol. The fourth-order valence-corrected chi connectivity index (χ4v) is 2.88. The van der Waals surface area contributed by atoms with E-state index < -0.39 is 5.97 Å². The Balaban J connectivity index is 1.93. The lowest BCUT2D eigenvalue weighted by molar-refractivity contribution is -0.145. The molecular formula is C16H22N2O3. The Morgan fingerprint density at radius 3 is 2.43 bits per heavy atom. The van der Waals surface area contributed by atoms with E-state index in [0.29, 0.717) is 38.8 Å². The van der Waals surface area contributed by atoms with Gasteiger partial charge in [0.15, 0.2) is 0 Å². The van der Waals surface area contributed by atoms with Gasteiger partial charge >= 0.3 is 5.97 Å². The van der Waals surface area contributed by atoms with Crippen LogP contribution >= 0.6 is 0 Å². The molecular weight excluding hydrogens is 268 g/mol. The number of carbonyl (C=O) groups is 2. The first-order valence-electron chi connectivity index (χ1n) is 7.53. The van der Waals surface area contributed by atoms with E-state index in [4.69, 9.17) is 5.11 Å². The summed E-state index contributed by atoms with van der Waals surface area (Å²) in [5.74, 6) is -0.919. The van der Waals surface area contributed by atoms with Gasteiger partial charge in [0, 0.05) is 18.7 Å². The Hall–Kier alpha value is -1.91. The molecule has 1 aliphatic rings. The van der Waals surface area contributed by atoms with Crippen molar-refractivity contribution in [1.29, 1.82) is 0 Å². The highest BCUT2D eigenvalue weighted by atomic mass is 16.4. The Labute approximate surface area is 125 Å². The van der Waals surface area contributed by atoms with Crippen LogP contribution in [0.5, 0.6) is 0 Å². The van der Waals surface area contributed by atoms with Crippen molar-refractivity contribution >= 4 is 11.9 Å². The van der Waals surface area contributed by atoms with Crippen LogP contribution in [0.2, 0.25) is 0 Å². The summed E-state index contributed by atoms with van der Waals surface area (Å²) in [7, 11) is 0. The molecule has 114 valence electrons. The van der Waals surface area contributed by atoms with E-state index in [-0.39, 0.29) is 17.7 Å². The van der Waals surface area contributed by atoms with Crippen molar-refractivity contribution in [3.05, 3.63) is 30.1 Å². The summed E-state index contributed by atoms with van der Waals surface area (Å²) in [6.07, 6.45) is 4.29. The predicted molar refractivity (Wildman–Crippen MR) is 78.4 cm³/mol. The number of pyridine rings is 1. The standard InChI is InChI=1S/C16H22N2O3/c1-2-18(11-14-5-3-4-10-17-14)15(19)12-6-8-13(9-7-12)16(20)21/h3-5,10,12-13H,2,6-9,11H2,1H3,(H,20,21). The molecule has 21 heavy (non-hydrogen) atoms. The van der Waals surface area contributed by atoms with Crippen molar-refractivity contribution < 1.29 is 14.7 Å². The molecule has 0 radical (unpaired) electrons. The van der Waals surface area contributed by atoms with Gasteiger partial charge in [0.05, 0.1) is 18.2 Å². The zero-order chi connectivity index (χ0) is 15.2. The van der Waals surface area contributed by atoms with Crippen molar-refractivity contribution in [3.8, 4) is 0 Å². The molecule has 5 heteroatoms. The Kier molecular flexibility index (Phi) is 5.31. The molecule has 0 aromatic carbocycles. The normalized spacial score (nSPS) is 21.8. The van der Waals surface area contributed by atoms with Crippen LogP contribution in [0.1, 0.15) is 38.3 Å². The van der Waals surface area contributed by atoms with E-state index in [0.717, 1.165) is 5.69 Å². The smallest absolute Gasteiger partial charge is 0.306 e. The van der Waals surface area contributed by atoms with Gasteiger partial charge in [-0.15, -0.1) is 0 Å². The van der Waals surface area contributed by atoms with Crippen LogP contribution in [0.25, 0.3) is 0 Å². The van der Waals surface area contributed by atoms with Crippen molar-refractivity contribution in [2.24, 2.45) is 11.8 Å². The predicted octanol–water partition coefficient (Wildman–Crippen LogP) is 2.32.